The van der Waals surface area contributed by atoms with Gasteiger partial charge >= 0.3 is 0 Å². The van der Waals surface area contributed by atoms with Crippen LogP contribution in [0, 0.1) is 17.0 Å². The van der Waals surface area contributed by atoms with Crippen LogP contribution < -0.4 is 5.32 Å². The Morgan fingerprint density at radius 1 is 1.53 bits per heavy atom. The second-order valence-corrected chi connectivity index (χ2v) is 4.58. The Labute approximate surface area is 113 Å². The van der Waals surface area contributed by atoms with Crippen molar-refractivity contribution in [2.45, 2.75) is 13.3 Å². The van der Waals surface area contributed by atoms with Crippen LogP contribution in [0.1, 0.15) is 22.3 Å². The second kappa shape index (κ2) is 6.53. The first-order valence-electron chi connectivity index (χ1n) is 5.16. The maximum Gasteiger partial charge on any atom is 0.273 e. The van der Waals surface area contributed by atoms with Crippen LogP contribution in [0.5, 0.6) is 0 Å². The fourth-order valence-electron chi connectivity index (χ4n) is 1.43. The number of halogens is 1. The van der Waals surface area contributed by atoms with Gasteiger partial charge in [-0.05, 0) is 19.4 Å². The molecule has 0 saturated heterocycles. The Hall–Kier alpha value is -1.18. The van der Waals surface area contributed by atoms with E-state index in [9.17, 15) is 14.9 Å². The predicted octanol–water partition coefficient (Wildman–Crippen LogP) is 2.46. The Kier molecular flexibility index (Phi) is 5.33. The van der Waals surface area contributed by atoms with E-state index in [1.807, 2.05) is 0 Å². The molecule has 0 saturated carbocycles. The van der Waals surface area contributed by atoms with Crippen molar-refractivity contribution in [1.82, 2.24) is 5.32 Å². The Morgan fingerprint density at radius 3 is 2.82 bits per heavy atom. The molecule has 1 amide bonds. The summed E-state index contributed by atoms with van der Waals surface area (Å²) in [5, 5.41) is 13.5. The number of benzene rings is 1. The maximum atomic E-state index is 11.8. The third-order valence-electron chi connectivity index (χ3n) is 2.34. The van der Waals surface area contributed by atoms with Gasteiger partial charge in [-0.1, -0.05) is 28.7 Å². The van der Waals surface area contributed by atoms with Gasteiger partial charge < -0.3 is 5.32 Å². The monoisotopic (exact) mass is 348 g/mol. The molecule has 1 N–H and O–H groups in total. The quantitative estimate of drug-likeness (QED) is 0.292. The molecule has 0 atom stereocenters. The van der Waals surface area contributed by atoms with E-state index in [-0.39, 0.29) is 11.6 Å². The van der Waals surface area contributed by atoms with Gasteiger partial charge in [0.2, 0.25) is 0 Å². The van der Waals surface area contributed by atoms with Crippen LogP contribution in [-0.4, -0.2) is 21.8 Å². The Bertz CT molecular complexity index is 435. The molecule has 0 bridgehead atoms. The molecule has 1 aromatic carbocycles. The second-order valence-electron chi connectivity index (χ2n) is 3.51. The normalized spacial score (nSPS) is 10.0. The average Bonchev–Trinajstić information content (AvgIpc) is 2.29. The van der Waals surface area contributed by atoms with Crippen molar-refractivity contribution in [2.75, 3.05) is 11.0 Å². The number of nitrogens with one attached hydrogen (secondary N) is 1. The van der Waals surface area contributed by atoms with E-state index in [1.165, 1.54) is 12.1 Å². The molecule has 1 rings (SSSR count). The van der Waals surface area contributed by atoms with E-state index in [1.54, 1.807) is 13.0 Å². The summed E-state index contributed by atoms with van der Waals surface area (Å²) in [5.74, 6) is -0.254. The molecule has 17 heavy (non-hydrogen) atoms. The van der Waals surface area contributed by atoms with E-state index in [4.69, 9.17) is 0 Å². The number of carbonyl (C=O) groups excluding carboxylic acids is 1. The third-order valence-corrected chi connectivity index (χ3v) is 3.11. The van der Waals surface area contributed by atoms with E-state index < -0.39 is 4.92 Å². The molecule has 0 spiro atoms. The molecule has 0 unspecified atom stereocenters. The van der Waals surface area contributed by atoms with Crippen LogP contribution in [0.3, 0.4) is 0 Å². The van der Waals surface area contributed by atoms with Crippen molar-refractivity contribution in [2.24, 2.45) is 0 Å². The number of carbonyl (C=O) groups is 1. The highest BCUT2D eigenvalue weighted by Crippen LogP contribution is 2.20. The van der Waals surface area contributed by atoms with E-state index in [2.05, 4.69) is 27.9 Å². The maximum absolute atomic E-state index is 11.8. The highest BCUT2D eigenvalue weighted by Gasteiger charge is 2.17. The van der Waals surface area contributed by atoms with Crippen molar-refractivity contribution in [3.8, 4) is 0 Å². The molecule has 6 heteroatoms. The lowest BCUT2D eigenvalue weighted by Gasteiger charge is -2.07. The van der Waals surface area contributed by atoms with Gasteiger partial charge in [-0.15, -0.1) is 0 Å². The molecule has 0 aliphatic heterocycles. The molecule has 5 nitrogen and oxygen atoms in total. The van der Waals surface area contributed by atoms with Gasteiger partial charge in [0, 0.05) is 28.2 Å². The first-order chi connectivity index (χ1) is 8.07. The molecule has 1 aromatic rings. The largest absolute Gasteiger partial charge is 0.352 e. The summed E-state index contributed by atoms with van der Waals surface area (Å²) in [6.07, 6.45) is 0.889. The van der Waals surface area contributed by atoms with E-state index >= 15 is 0 Å². The topological polar surface area (TPSA) is 72.2 Å². The highest BCUT2D eigenvalue weighted by atomic mass is 127. The SMILES string of the molecule is Cc1c(C(=O)NCCCI)cccc1[N+](=O)[O-]. The van der Waals surface area contributed by atoms with Crippen molar-refractivity contribution < 1.29 is 9.72 Å². The number of nitro benzene ring substituents is 1. The zero-order chi connectivity index (χ0) is 12.8. The van der Waals surface area contributed by atoms with Gasteiger partial charge in [-0.2, -0.15) is 0 Å². The van der Waals surface area contributed by atoms with Crippen LogP contribution >= 0.6 is 22.6 Å². The van der Waals surface area contributed by atoms with Gasteiger partial charge in [0.15, 0.2) is 0 Å². The van der Waals surface area contributed by atoms with Crippen LogP contribution in [-0.2, 0) is 0 Å². The molecular formula is C11H13IN2O3. The summed E-state index contributed by atoms with van der Waals surface area (Å²) in [6.45, 7) is 2.18. The van der Waals surface area contributed by atoms with Gasteiger partial charge in [-0.3, -0.25) is 14.9 Å². The molecule has 0 aromatic heterocycles. The fourth-order valence-corrected chi connectivity index (χ4v) is 1.81. The Balaban J connectivity index is 2.87. The molecule has 0 radical (unpaired) electrons. The zero-order valence-corrected chi connectivity index (χ0v) is 11.6. The van der Waals surface area contributed by atoms with Crippen molar-refractivity contribution in [1.29, 1.82) is 0 Å². The zero-order valence-electron chi connectivity index (χ0n) is 9.40. The third kappa shape index (κ3) is 3.65. The number of nitro groups is 1. The first-order valence-corrected chi connectivity index (χ1v) is 6.68. The van der Waals surface area contributed by atoms with Crippen LogP contribution in [0.25, 0.3) is 0 Å². The molecular weight excluding hydrogens is 335 g/mol. The van der Waals surface area contributed by atoms with E-state index in [0.717, 1.165) is 10.8 Å². The summed E-state index contributed by atoms with van der Waals surface area (Å²) >= 11 is 2.23. The minimum absolute atomic E-state index is 0.0217. The smallest absolute Gasteiger partial charge is 0.273 e. The minimum Gasteiger partial charge on any atom is -0.352 e. The number of nitrogens with zero attached hydrogens (tertiary/aromatic N) is 1. The van der Waals surface area contributed by atoms with Crippen LogP contribution in [0.4, 0.5) is 5.69 Å². The molecule has 92 valence electrons. The summed E-state index contributed by atoms with van der Waals surface area (Å²) < 4.78 is 0.964. The van der Waals surface area contributed by atoms with Crippen LogP contribution in [0.15, 0.2) is 18.2 Å². The number of hydrogen-bond donors (Lipinski definition) is 1. The number of rotatable bonds is 5. The Morgan fingerprint density at radius 2 is 2.24 bits per heavy atom. The van der Waals surface area contributed by atoms with Gasteiger partial charge in [-0.25, -0.2) is 0 Å². The molecule has 0 aliphatic rings. The number of amides is 1. The summed E-state index contributed by atoms with van der Waals surface area (Å²) in [6, 6.07) is 4.52. The van der Waals surface area contributed by atoms with E-state index in [0.29, 0.717) is 17.7 Å². The van der Waals surface area contributed by atoms with Gasteiger partial charge in [0.25, 0.3) is 11.6 Å². The molecule has 0 aliphatic carbocycles. The van der Waals surface area contributed by atoms with Crippen LogP contribution in [0.2, 0.25) is 0 Å². The summed E-state index contributed by atoms with van der Waals surface area (Å²) in [7, 11) is 0. The summed E-state index contributed by atoms with van der Waals surface area (Å²) in [5.41, 5.74) is 0.753. The van der Waals surface area contributed by atoms with Crippen molar-refractivity contribution >= 4 is 34.2 Å². The van der Waals surface area contributed by atoms with Gasteiger partial charge in [0.1, 0.15) is 0 Å². The first kappa shape index (κ1) is 13.9. The van der Waals surface area contributed by atoms with Crippen molar-refractivity contribution in [3.63, 3.8) is 0 Å². The fraction of sp³-hybridized carbons (Fsp3) is 0.364. The lowest BCUT2D eigenvalue weighted by molar-refractivity contribution is -0.385. The van der Waals surface area contributed by atoms with Crippen molar-refractivity contribution in [3.05, 3.63) is 39.4 Å². The average molecular weight is 348 g/mol. The standard InChI is InChI=1S/C11H13IN2O3/c1-8-9(11(15)13-7-3-6-12)4-2-5-10(8)14(16)17/h2,4-5H,3,6-7H2,1H3,(H,13,15). The summed E-state index contributed by atoms with van der Waals surface area (Å²) in [4.78, 5) is 22.0. The molecule has 0 fully saturated rings. The lowest BCUT2D eigenvalue weighted by Crippen LogP contribution is -2.25. The van der Waals surface area contributed by atoms with Gasteiger partial charge in [0.05, 0.1) is 4.92 Å². The molecule has 0 heterocycles. The minimum atomic E-state index is -0.475. The highest BCUT2D eigenvalue weighted by molar-refractivity contribution is 14.1. The number of hydrogen-bond acceptors (Lipinski definition) is 3. The predicted molar refractivity (Wildman–Crippen MR) is 73.7 cm³/mol. The number of alkyl halides is 1. The lowest BCUT2D eigenvalue weighted by atomic mass is 10.1.